The summed E-state index contributed by atoms with van der Waals surface area (Å²) in [5, 5.41) is 9.04. The summed E-state index contributed by atoms with van der Waals surface area (Å²) >= 11 is 0. The lowest BCUT2D eigenvalue weighted by Gasteiger charge is -2.23. The zero-order valence-corrected chi connectivity index (χ0v) is 8.77. The van der Waals surface area contributed by atoms with Crippen molar-refractivity contribution in [1.82, 2.24) is 16.0 Å². The first-order chi connectivity index (χ1) is 5.98. The van der Waals surface area contributed by atoms with Gasteiger partial charge in [0.1, 0.15) is 6.29 Å². The summed E-state index contributed by atoms with van der Waals surface area (Å²) in [6, 6.07) is 0. The van der Waals surface area contributed by atoms with Gasteiger partial charge in [0.15, 0.2) is 0 Å². The number of nitrogens with one attached hydrogen (secondary N) is 3. The van der Waals surface area contributed by atoms with E-state index < -0.39 is 5.54 Å². The quantitative estimate of drug-likeness (QED) is 0.581. The van der Waals surface area contributed by atoms with E-state index in [9.17, 15) is 4.79 Å². The first-order valence-electron chi connectivity index (χ1n) is 4.74. The molecule has 1 amide bonds. The number of hydrogen-bond donors (Lipinski definition) is 3. The van der Waals surface area contributed by atoms with Gasteiger partial charge in [0.25, 0.3) is 0 Å². The molecule has 0 aliphatic carbocycles. The van der Waals surface area contributed by atoms with Crippen molar-refractivity contribution in [3.63, 3.8) is 0 Å². The average molecular weight is 185 g/mol. The lowest BCUT2D eigenvalue weighted by atomic mass is 9.91. The minimum absolute atomic E-state index is 0.0838. The van der Waals surface area contributed by atoms with E-state index in [0.717, 1.165) is 6.42 Å². The lowest BCUT2D eigenvalue weighted by molar-refractivity contribution is -0.124. The van der Waals surface area contributed by atoms with Gasteiger partial charge in [-0.3, -0.25) is 15.4 Å². The van der Waals surface area contributed by atoms with Crippen LogP contribution in [-0.2, 0) is 4.79 Å². The molecule has 3 N–H and O–H groups in total. The Balaban J connectivity index is 2.63. The third-order valence-electron chi connectivity index (χ3n) is 2.34. The van der Waals surface area contributed by atoms with Crippen molar-refractivity contribution in [2.24, 2.45) is 5.92 Å². The third-order valence-corrected chi connectivity index (χ3v) is 2.34. The van der Waals surface area contributed by atoms with Crippen LogP contribution in [-0.4, -0.2) is 24.8 Å². The highest BCUT2D eigenvalue weighted by Crippen LogP contribution is 2.20. The fraction of sp³-hybridized carbons (Fsp3) is 0.889. The van der Waals surface area contributed by atoms with Gasteiger partial charge in [0.2, 0.25) is 5.91 Å². The topological polar surface area (TPSA) is 53.2 Å². The number of carbonyl (C=O) groups excluding carboxylic acids is 1. The van der Waals surface area contributed by atoms with Crippen molar-refractivity contribution in [2.75, 3.05) is 7.05 Å². The van der Waals surface area contributed by atoms with E-state index in [1.165, 1.54) is 0 Å². The molecule has 0 bridgehead atoms. The minimum atomic E-state index is -0.415. The van der Waals surface area contributed by atoms with Gasteiger partial charge in [-0.05, 0) is 26.3 Å². The fourth-order valence-corrected chi connectivity index (χ4v) is 1.82. The summed E-state index contributed by atoms with van der Waals surface area (Å²) in [7, 11) is 1.82. The second-order valence-corrected chi connectivity index (χ2v) is 4.27. The van der Waals surface area contributed by atoms with Crippen molar-refractivity contribution in [2.45, 2.75) is 39.0 Å². The van der Waals surface area contributed by atoms with Crippen LogP contribution in [0.4, 0.5) is 0 Å². The summed E-state index contributed by atoms with van der Waals surface area (Å²) in [6.07, 6.45) is 0.771. The zero-order valence-electron chi connectivity index (χ0n) is 8.77. The molecule has 1 saturated heterocycles. The fourth-order valence-electron chi connectivity index (χ4n) is 1.82. The highest BCUT2D eigenvalue weighted by Gasteiger charge is 2.41. The van der Waals surface area contributed by atoms with Gasteiger partial charge in [-0.15, -0.1) is 0 Å². The van der Waals surface area contributed by atoms with E-state index >= 15 is 0 Å². The molecule has 0 spiro atoms. The number of amides is 1. The van der Waals surface area contributed by atoms with E-state index in [2.05, 4.69) is 29.8 Å². The van der Waals surface area contributed by atoms with Crippen LogP contribution in [0.2, 0.25) is 0 Å². The van der Waals surface area contributed by atoms with Crippen molar-refractivity contribution in [1.29, 1.82) is 0 Å². The first kappa shape index (κ1) is 10.5. The molecule has 0 radical (unpaired) electrons. The van der Waals surface area contributed by atoms with Crippen LogP contribution in [0.15, 0.2) is 0 Å². The Kier molecular flexibility index (Phi) is 2.93. The van der Waals surface area contributed by atoms with Gasteiger partial charge in [-0.1, -0.05) is 13.8 Å². The standard InChI is InChI=1S/C9H19N3O/c1-6(2)5-9(3)7(13)11-8(10-4)12-9/h6,8,10,12H,5H2,1-4H3,(H,11,13). The molecule has 13 heavy (non-hydrogen) atoms. The summed E-state index contributed by atoms with van der Waals surface area (Å²) in [4.78, 5) is 11.6. The average Bonchev–Trinajstić information content (AvgIpc) is 2.26. The molecule has 1 fully saturated rings. The Morgan fingerprint density at radius 1 is 1.62 bits per heavy atom. The van der Waals surface area contributed by atoms with Crippen LogP contribution in [0.5, 0.6) is 0 Å². The molecule has 0 aromatic rings. The highest BCUT2D eigenvalue weighted by atomic mass is 16.2. The van der Waals surface area contributed by atoms with Crippen molar-refractivity contribution >= 4 is 5.91 Å². The molecule has 1 aliphatic heterocycles. The van der Waals surface area contributed by atoms with Crippen LogP contribution in [0, 0.1) is 5.92 Å². The lowest BCUT2D eigenvalue weighted by Crippen LogP contribution is -2.49. The Bertz CT molecular complexity index is 205. The van der Waals surface area contributed by atoms with Gasteiger partial charge >= 0.3 is 0 Å². The van der Waals surface area contributed by atoms with Crippen LogP contribution >= 0.6 is 0 Å². The Hall–Kier alpha value is -0.610. The molecule has 76 valence electrons. The van der Waals surface area contributed by atoms with Crippen LogP contribution in [0.25, 0.3) is 0 Å². The largest absolute Gasteiger partial charge is 0.326 e. The van der Waals surface area contributed by atoms with Crippen LogP contribution in [0.1, 0.15) is 27.2 Å². The summed E-state index contributed by atoms with van der Waals surface area (Å²) in [5.74, 6) is 0.597. The van der Waals surface area contributed by atoms with Crippen LogP contribution in [0.3, 0.4) is 0 Å². The zero-order chi connectivity index (χ0) is 10.1. The van der Waals surface area contributed by atoms with E-state index in [1.54, 1.807) is 0 Å². The molecular weight excluding hydrogens is 166 g/mol. The molecule has 0 aromatic heterocycles. The molecule has 0 saturated carbocycles. The monoisotopic (exact) mass is 185 g/mol. The Labute approximate surface area is 79.5 Å². The summed E-state index contributed by atoms with van der Waals surface area (Å²) in [5.41, 5.74) is -0.415. The van der Waals surface area contributed by atoms with Crippen molar-refractivity contribution < 1.29 is 4.79 Å². The molecule has 1 aliphatic rings. The minimum Gasteiger partial charge on any atom is -0.326 e. The molecular formula is C9H19N3O. The predicted octanol–water partition coefficient (Wildman–Crippen LogP) is 0.0136. The van der Waals surface area contributed by atoms with E-state index in [0.29, 0.717) is 5.92 Å². The van der Waals surface area contributed by atoms with Crippen molar-refractivity contribution in [3.05, 3.63) is 0 Å². The maximum absolute atomic E-state index is 11.6. The molecule has 4 heteroatoms. The van der Waals surface area contributed by atoms with Gasteiger partial charge in [0.05, 0.1) is 5.54 Å². The second kappa shape index (κ2) is 3.64. The maximum Gasteiger partial charge on any atom is 0.242 e. The van der Waals surface area contributed by atoms with E-state index in [-0.39, 0.29) is 12.2 Å². The first-order valence-corrected chi connectivity index (χ1v) is 4.74. The molecule has 1 heterocycles. The normalized spacial score (nSPS) is 33.9. The molecule has 2 atom stereocenters. The smallest absolute Gasteiger partial charge is 0.242 e. The van der Waals surface area contributed by atoms with Gasteiger partial charge < -0.3 is 5.32 Å². The van der Waals surface area contributed by atoms with Crippen molar-refractivity contribution in [3.8, 4) is 0 Å². The van der Waals surface area contributed by atoms with E-state index in [1.807, 2.05) is 14.0 Å². The molecule has 2 unspecified atom stereocenters. The molecule has 4 nitrogen and oxygen atoms in total. The Morgan fingerprint density at radius 2 is 2.23 bits per heavy atom. The van der Waals surface area contributed by atoms with E-state index in [4.69, 9.17) is 0 Å². The van der Waals surface area contributed by atoms with Gasteiger partial charge in [-0.2, -0.15) is 0 Å². The highest BCUT2D eigenvalue weighted by molar-refractivity contribution is 5.88. The number of hydrogen-bond acceptors (Lipinski definition) is 3. The van der Waals surface area contributed by atoms with Crippen LogP contribution < -0.4 is 16.0 Å². The molecule has 1 rings (SSSR count). The SMILES string of the molecule is CNC1NC(=O)C(C)(CC(C)C)N1. The van der Waals surface area contributed by atoms with Gasteiger partial charge in [0, 0.05) is 0 Å². The second-order valence-electron chi connectivity index (χ2n) is 4.27. The number of rotatable bonds is 3. The maximum atomic E-state index is 11.6. The third kappa shape index (κ3) is 2.19. The Morgan fingerprint density at radius 3 is 2.62 bits per heavy atom. The summed E-state index contributed by atoms with van der Waals surface area (Å²) in [6.45, 7) is 6.18. The number of carbonyl (C=O) groups is 1. The summed E-state index contributed by atoms with van der Waals surface area (Å²) < 4.78 is 0. The van der Waals surface area contributed by atoms with Gasteiger partial charge in [-0.25, -0.2) is 0 Å². The predicted molar refractivity (Wildman–Crippen MR) is 52.0 cm³/mol. The molecule has 0 aromatic carbocycles.